The summed E-state index contributed by atoms with van der Waals surface area (Å²) in [6.07, 6.45) is 1.16. The topological polar surface area (TPSA) is 105 Å². The van der Waals surface area contributed by atoms with E-state index in [1.165, 1.54) is 4.31 Å². The first kappa shape index (κ1) is 18.4. The highest BCUT2D eigenvalue weighted by Gasteiger charge is 2.26. The van der Waals surface area contributed by atoms with Crippen molar-refractivity contribution in [3.8, 4) is 0 Å². The number of hydrogen-bond acceptors (Lipinski definition) is 5. The fourth-order valence-electron chi connectivity index (χ4n) is 2.60. The molecule has 0 unspecified atom stereocenters. The summed E-state index contributed by atoms with van der Waals surface area (Å²) in [5.41, 5.74) is 1.16. The molecule has 0 aromatic carbocycles. The number of carbonyl (C=O) groups is 2. The Morgan fingerprint density at radius 1 is 1.25 bits per heavy atom. The molecule has 2 rings (SSSR count). The maximum Gasteiger partial charge on any atom is 0.269 e. The molecule has 1 aromatic heterocycles. The average molecular weight is 357 g/mol. The van der Waals surface area contributed by atoms with Gasteiger partial charge in [0.15, 0.2) is 0 Å². The van der Waals surface area contributed by atoms with Crippen LogP contribution in [0.2, 0.25) is 0 Å². The number of aromatic nitrogens is 2. The van der Waals surface area contributed by atoms with E-state index in [4.69, 9.17) is 0 Å². The lowest BCUT2D eigenvalue weighted by Gasteiger charge is -2.33. The van der Waals surface area contributed by atoms with E-state index in [9.17, 15) is 18.0 Å². The minimum absolute atomic E-state index is 0.119. The van der Waals surface area contributed by atoms with Gasteiger partial charge < -0.3 is 10.2 Å². The molecular weight excluding hydrogens is 334 g/mol. The monoisotopic (exact) mass is 357 g/mol. The van der Waals surface area contributed by atoms with E-state index in [1.807, 2.05) is 6.92 Å². The van der Waals surface area contributed by atoms with E-state index in [2.05, 4.69) is 10.4 Å². The molecule has 2 heterocycles. The molecule has 0 saturated carbocycles. The molecule has 2 amide bonds. The number of amides is 2. The summed E-state index contributed by atoms with van der Waals surface area (Å²) >= 11 is 0. The first-order valence-electron chi connectivity index (χ1n) is 7.78. The third kappa shape index (κ3) is 4.32. The Kier molecular flexibility index (Phi) is 5.60. The van der Waals surface area contributed by atoms with Gasteiger partial charge in [0.05, 0.1) is 18.5 Å². The standard InChI is InChI=1S/C14H23N5O4S/c1-4-19-12(9-11(2)16-19)14(21)15-10-13(20)17-5-7-18(8-6-17)24(3,22)23/h9H,4-8,10H2,1-3H3,(H,15,21). The van der Waals surface area contributed by atoms with E-state index in [0.29, 0.717) is 25.3 Å². The van der Waals surface area contributed by atoms with E-state index >= 15 is 0 Å². The molecule has 10 heteroatoms. The smallest absolute Gasteiger partial charge is 0.269 e. The van der Waals surface area contributed by atoms with Crippen LogP contribution in [0.4, 0.5) is 0 Å². The molecule has 1 aliphatic heterocycles. The molecule has 1 aliphatic rings. The van der Waals surface area contributed by atoms with E-state index in [-0.39, 0.29) is 31.4 Å². The molecule has 1 fully saturated rings. The first-order chi connectivity index (χ1) is 11.2. The van der Waals surface area contributed by atoms with Gasteiger partial charge in [-0.05, 0) is 19.9 Å². The summed E-state index contributed by atoms with van der Waals surface area (Å²) < 4.78 is 25.8. The molecule has 9 nitrogen and oxygen atoms in total. The van der Waals surface area contributed by atoms with Gasteiger partial charge in [-0.3, -0.25) is 14.3 Å². The second kappa shape index (κ2) is 7.31. The molecule has 0 atom stereocenters. The molecular formula is C14H23N5O4S. The summed E-state index contributed by atoms with van der Waals surface area (Å²) in [5, 5.41) is 6.80. The van der Waals surface area contributed by atoms with Gasteiger partial charge >= 0.3 is 0 Å². The van der Waals surface area contributed by atoms with Crippen LogP contribution < -0.4 is 5.32 Å². The van der Waals surface area contributed by atoms with Gasteiger partial charge in [0.1, 0.15) is 5.69 Å². The largest absolute Gasteiger partial charge is 0.342 e. The number of carbonyl (C=O) groups excluding carboxylic acids is 2. The summed E-state index contributed by atoms with van der Waals surface area (Å²) in [6, 6.07) is 1.67. The van der Waals surface area contributed by atoms with Gasteiger partial charge in [-0.25, -0.2) is 8.42 Å². The molecule has 1 saturated heterocycles. The first-order valence-corrected chi connectivity index (χ1v) is 9.62. The average Bonchev–Trinajstić information content (AvgIpc) is 2.92. The molecule has 0 bridgehead atoms. The fourth-order valence-corrected chi connectivity index (χ4v) is 3.42. The van der Waals surface area contributed by atoms with Gasteiger partial charge in [-0.1, -0.05) is 0 Å². The van der Waals surface area contributed by atoms with E-state index < -0.39 is 10.0 Å². The predicted octanol–water partition coefficient (Wildman–Crippen LogP) is -0.955. The van der Waals surface area contributed by atoms with Crippen LogP contribution in [0.1, 0.15) is 23.1 Å². The van der Waals surface area contributed by atoms with Crippen LogP contribution in [0.5, 0.6) is 0 Å². The zero-order chi connectivity index (χ0) is 17.9. The Morgan fingerprint density at radius 3 is 2.42 bits per heavy atom. The number of sulfonamides is 1. The van der Waals surface area contributed by atoms with Crippen molar-refractivity contribution in [3.05, 3.63) is 17.5 Å². The molecule has 0 aliphatic carbocycles. The molecule has 24 heavy (non-hydrogen) atoms. The van der Waals surface area contributed by atoms with Crippen molar-refractivity contribution in [1.82, 2.24) is 24.3 Å². The minimum atomic E-state index is -3.23. The number of nitrogens with zero attached hydrogens (tertiary/aromatic N) is 4. The summed E-state index contributed by atoms with van der Waals surface area (Å²) in [7, 11) is -3.23. The number of rotatable bonds is 5. The van der Waals surface area contributed by atoms with Crippen LogP contribution in [-0.2, 0) is 21.4 Å². The van der Waals surface area contributed by atoms with Crippen molar-refractivity contribution in [1.29, 1.82) is 0 Å². The van der Waals surface area contributed by atoms with Crippen LogP contribution in [0.15, 0.2) is 6.07 Å². The molecule has 134 valence electrons. The van der Waals surface area contributed by atoms with Crippen molar-refractivity contribution < 1.29 is 18.0 Å². The Labute approximate surface area is 141 Å². The highest BCUT2D eigenvalue weighted by atomic mass is 32.2. The second-order valence-corrected chi connectivity index (χ2v) is 7.69. The number of piperazine rings is 1. The van der Waals surface area contributed by atoms with Crippen LogP contribution in [-0.4, -0.2) is 78.2 Å². The molecule has 0 spiro atoms. The van der Waals surface area contributed by atoms with Gasteiger partial charge in [-0.2, -0.15) is 9.40 Å². The molecule has 1 aromatic rings. The van der Waals surface area contributed by atoms with Gasteiger partial charge in [0.2, 0.25) is 15.9 Å². The van der Waals surface area contributed by atoms with Gasteiger partial charge in [0, 0.05) is 32.7 Å². The minimum Gasteiger partial charge on any atom is -0.342 e. The lowest BCUT2D eigenvalue weighted by molar-refractivity contribution is -0.131. The van der Waals surface area contributed by atoms with Crippen molar-refractivity contribution in [2.75, 3.05) is 39.0 Å². The second-order valence-electron chi connectivity index (χ2n) is 5.71. The zero-order valence-corrected chi connectivity index (χ0v) is 15.0. The van der Waals surface area contributed by atoms with E-state index in [0.717, 1.165) is 11.9 Å². The SMILES string of the molecule is CCn1nc(C)cc1C(=O)NCC(=O)N1CCN(S(C)(=O)=O)CC1. The van der Waals surface area contributed by atoms with Crippen LogP contribution >= 0.6 is 0 Å². The Balaban J connectivity index is 1.86. The highest BCUT2D eigenvalue weighted by Crippen LogP contribution is 2.07. The Morgan fingerprint density at radius 2 is 1.88 bits per heavy atom. The van der Waals surface area contributed by atoms with Crippen LogP contribution in [0.25, 0.3) is 0 Å². The van der Waals surface area contributed by atoms with Crippen molar-refractivity contribution in [2.45, 2.75) is 20.4 Å². The third-order valence-electron chi connectivity index (χ3n) is 3.89. The fraction of sp³-hybridized carbons (Fsp3) is 0.643. The van der Waals surface area contributed by atoms with Gasteiger partial charge in [0.25, 0.3) is 5.91 Å². The summed E-state index contributed by atoms with van der Waals surface area (Å²) in [5.74, 6) is -0.573. The maximum absolute atomic E-state index is 12.2. The van der Waals surface area contributed by atoms with Crippen molar-refractivity contribution in [2.24, 2.45) is 0 Å². The lowest BCUT2D eigenvalue weighted by Crippen LogP contribution is -2.52. The number of nitrogens with one attached hydrogen (secondary N) is 1. The van der Waals surface area contributed by atoms with Crippen LogP contribution in [0.3, 0.4) is 0 Å². The Hall–Kier alpha value is -1.94. The highest BCUT2D eigenvalue weighted by molar-refractivity contribution is 7.88. The lowest BCUT2D eigenvalue weighted by atomic mass is 10.3. The maximum atomic E-state index is 12.2. The van der Waals surface area contributed by atoms with Gasteiger partial charge in [-0.15, -0.1) is 0 Å². The van der Waals surface area contributed by atoms with Crippen molar-refractivity contribution >= 4 is 21.8 Å². The quantitative estimate of drug-likeness (QED) is 0.731. The number of hydrogen-bond donors (Lipinski definition) is 1. The molecule has 1 N–H and O–H groups in total. The molecule has 0 radical (unpaired) electrons. The van der Waals surface area contributed by atoms with E-state index in [1.54, 1.807) is 22.6 Å². The number of aryl methyl sites for hydroxylation is 2. The predicted molar refractivity (Wildman–Crippen MR) is 88.0 cm³/mol. The Bertz CT molecular complexity index is 720. The third-order valence-corrected chi connectivity index (χ3v) is 5.20. The normalized spacial score (nSPS) is 16.2. The van der Waals surface area contributed by atoms with Crippen LogP contribution in [0, 0.1) is 6.92 Å². The zero-order valence-electron chi connectivity index (χ0n) is 14.2. The summed E-state index contributed by atoms with van der Waals surface area (Å²) in [4.78, 5) is 25.9. The summed E-state index contributed by atoms with van der Waals surface area (Å²) in [6.45, 7) is 5.34. The van der Waals surface area contributed by atoms with Crippen molar-refractivity contribution in [3.63, 3.8) is 0 Å².